The molecule has 0 saturated carbocycles. The number of hydrogen-bond acceptors (Lipinski definition) is 2. The molecule has 0 spiro atoms. The van der Waals surface area contributed by atoms with Crippen LogP contribution in [0.25, 0.3) is 0 Å². The monoisotopic (exact) mass is 329 g/mol. The van der Waals surface area contributed by atoms with E-state index >= 15 is 0 Å². The summed E-state index contributed by atoms with van der Waals surface area (Å²) in [5.41, 5.74) is 0.612. The quantitative estimate of drug-likeness (QED) is 0.711. The van der Waals surface area contributed by atoms with Crippen LogP contribution >= 0.6 is 15.9 Å². The van der Waals surface area contributed by atoms with E-state index in [2.05, 4.69) is 15.9 Å². The smallest absolute Gasteiger partial charge is 0.414 e. The molecule has 2 rings (SSSR count). The number of rotatable bonds is 0. The maximum Gasteiger partial charge on any atom is 0.414 e. The number of anilines is 1. The second-order valence-electron chi connectivity index (χ2n) is 5.59. The van der Waals surface area contributed by atoms with Crippen LogP contribution in [0.3, 0.4) is 0 Å². The number of benzene rings is 1. The number of nitrogens with zero attached hydrogens (tertiary/aromatic N) is 1. The maximum absolute atomic E-state index is 13.8. The van der Waals surface area contributed by atoms with Gasteiger partial charge in [0.2, 0.25) is 0 Å². The summed E-state index contributed by atoms with van der Waals surface area (Å²) >= 11 is 3.39. The number of carbonyl (C=O) groups excluding carboxylic acids is 1. The summed E-state index contributed by atoms with van der Waals surface area (Å²) in [6, 6.07) is 3.04. The van der Waals surface area contributed by atoms with Crippen molar-refractivity contribution in [1.82, 2.24) is 0 Å². The Morgan fingerprint density at radius 3 is 2.74 bits per heavy atom. The van der Waals surface area contributed by atoms with Gasteiger partial charge in [0.25, 0.3) is 0 Å². The summed E-state index contributed by atoms with van der Waals surface area (Å²) in [6.07, 6.45) is 0.944. The van der Waals surface area contributed by atoms with Crippen molar-refractivity contribution >= 4 is 27.7 Å². The van der Waals surface area contributed by atoms with Gasteiger partial charge in [0.05, 0.1) is 5.69 Å². The predicted molar refractivity (Wildman–Crippen MR) is 76.0 cm³/mol. The van der Waals surface area contributed by atoms with Crippen LogP contribution in [-0.4, -0.2) is 18.2 Å². The Kier molecular flexibility index (Phi) is 3.85. The van der Waals surface area contributed by atoms with E-state index in [9.17, 15) is 9.18 Å². The molecule has 1 aliphatic rings. The molecule has 0 aromatic heterocycles. The first-order chi connectivity index (χ1) is 8.79. The van der Waals surface area contributed by atoms with Crippen LogP contribution in [0.1, 0.15) is 32.8 Å². The molecule has 0 saturated heterocycles. The third kappa shape index (κ3) is 3.08. The molecule has 0 radical (unpaired) electrons. The summed E-state index contributed by atoms with van der Waals surface area (Å²) in [4.78, 5) is 13.7. The molecule has 1 amide bonds. The van der Waals surface area contributed by atoms with Crippen molar-refractivity contribution in [3.8, 4) is 0 Å². The Balaban J connectivity index is 2.37. The van der Waals surface area contributed by atoms with Crippen molar-refractivity contribution in [3.05, 3.63) is 28.0 Å². The third-order valence-electron chi connectivity index (χ3n) is 2.87. The molecule has 0 aliphatic carbocycles. The van der Waals surface area contributed by atoms with Gasteiger partial charge in [-0.05, 0) is 61.7 Å². The number of fused-ring (bicyclic) bond motifs is 1. The van der Waals surface area contributed by atoms with E-state index < -0.39 is 11.7 Å². The zero-order chi connectivity index (χ0) is 14.2. The first-order valence-electron chi connectivity index (χ1n) is 6.27. The molecule has 5 heteroatoms. The van der Waals surface area contributed by atoms with Gasteiger partial charge >= 0.3 is 6.09 Å². The molecule has 3 nitrogen and oxygen atoms in total. The Morgan fingerprint density at radius 2 is 2.11 bits per heavy atom. The number of carbonyl (C=O) groups is 1. The van der Waals surface area contributed by atoms with E-state index in [1.165, 1.54) is 11.0 Å². The van der Waals surface area contributed by atoms with Gasteiger partial charge in [0.15, 0.2) is 0 Å². The molecule has 104 valence electrons. The van der Waals surface area contributed by atoms with Gasteiger partial charge in [0.1, 0.15) is 11.4 Å². The molecule has 0 atom stereocenters. The molecule has 1 heterocycles. The molecule has 0 bridgehead atoms. The Bertz CT molecular complexity index is 511. The highest BCUT2D eigenvalue weighted by molar-refractivity contribution is 9.10. The lowest BCUT2D eigenvalue weighted by Gasteiger charge is -2.32. The van der Waals surface area contributed by atoms with Crippen LogP contribution in [0.4, 0.5) is 14.9 Å². The average molecular weight is 330 g/mol. The SMILES string of the molecule is CC(C)(C)OC(=O)N1CCCc2c(F)ccc(Br)c21. The van der Waals surface area contributed by atoms with E-state index in [1.807, 2.05) is 20.8 Å². The number of amides is 1. The summed E-state index contributed by atoms with van der Waals surface area (Å²) in [5, 5.41) is 0. The minimum atomic E-state index is -0.561. The third-order valence-corrected chi connectivity index (χ3v) is 3.51. The van der Waals surface area contributed by atoms with E-state index in [4.69, 9.17) is 4.74 Å². The van der Waals surface area contributed by atoms with Crippen LogP contribution in [0.2, 0.25) is 0 Å². The summed E-state index contributed by atoms with van der Waals surface area (Å²) < 4.78 is 19.9. The topological polar surface area (TPSA) is 29.5 Å². The molecule has 0 unspecified atom stereocenters. The van der Waals surface area contributed by atoms with E-state index in [-0.39, 0.29) is 5.82 Å². The molecular formula is C14H17BrFNO2. The second-order valence-corrected chi connectivity index (χ2v) is 6.45. The van der Waals surface area contributed by atoms with Crippen LogP contribution in [0, 0.1) is 5.82 Å². The molecule has 0 N–H and O–H groups in total. The molecule has 1 aromatic rings. The molecule has 19 heavy (non-hydrogen) atoms. The maximum atomic E-state index is 13.8. The second kappa shape index (κ2) is 5.12. The lowest BCUT2D eigenvalue weighted by atomic mass is 10.0. The lowest BCUT2D eigenvalue weighted by molar-refractivity contribution is 0.0577. The Hall–Kier alpha value is -1.10. The van der Waals surface area contributed by atoms with Gasteiger partial charge in [-0.1, -0.05) is 0 Å². The summed E-state index contributed by atoms with van der Waals surface area (Å²) in [7, 11) is 0. The van der Waals surface area contributed by atoms with Crippen molar-refractivity contribution < 1.29 is 13.9 Å². The fourth-order valence-corrected chi connectivity index (χ4v) is 2.72. The highest BCUT2D eigenvalue weighted by Gasteiger charge is 2.30. The Morgan fingerprint density at radius 1 is 1.42 bits per heavy atom. The zero-order valence-corrected chi connectivity index (χ0v) is 12.9. The highest BCUT2D eigenvalue weighted by atomic mass is 79.9. The van der Waals surface area contributed by atoms with Crippen LogP contribution in [0.15, 0.2) is 16.6 Å². The first-order valence-corrected chi connectivity index (χ1v) is 7.06. The van der Waals surface area contributed by atoms with E-state index in [0.29, 0.717) is 24.2 Å². The van der Waals surface area contributed by atoms with E-state index in [1.54, 1.807) is 6.07 Å². The molecule has 1 aromatic carbocycles. The van der Waals surface area contributed by atoms with Gasteiger partial charge in [-0.3, -0.25) is 4.90 Å². The van der Waals surface area contributed by atoms with Crippen molar-refractivity contribution in [2.45, 2.75) is 39.2 Å². The molecule has 0 fully saturated rings. The summed E-state index contributed by atoms with van der Waals surface area (Å²) in [5.74, 6) is -0.272. The molecular weight excluding hydrogens is 313 g/mol. The minimum Gasteiger partial charge on any atom is -0.443 e. The van der Waals surface area contributed by atoms with Gasteiger partial charge in [-0.15, -0.1) is 0 Å². The van der Waals surface area contributed by atoms with Crippen molar-refractivity contribution in [2.75, 3.05) is 11.4 Å². The van der Waals surface area contributed by atoms with Gasteiger partial charge in [0, 0.05) is 16.6 Å². The van der Waals surface area contributed by atoms with Crippen molar-refractivity contribution in [1.29, 1.82) is 0 Å². The van der Waals surface area contributed by atoms with Gasteiger partial charge in [-0.2, -0.15) is 0 Å². The zero-order valence-electron chi connectivity index (χ0n) is 11.3. The lowest BCUT2D eigenvalue weighted by Crippen LogP contribution is -2.40. The van der Waals surface area contributed by atoms with Crippen LogP contribution in [0.5, 0.6) is 0 Å². The number of halogens is 2. The Labute approximate surface area is 120 Å². The minimum absolute atomic E-state index is 0.272. The van der Waals surface area contributed by atoms with Gasteiger partial charge in [-0.25, -0.2) is 9.18 Å². The normalized spacial score (nSPS) is 15.1. The fraction of sp³-hybridized carbons (Fsp3) is 0.500. The van der Waals surface area contributed by atoms with Crippen molar-refractivity contribution in [2.24, 2.45) is 0 Å². The molecule has 1 aliphatic heterocycles. The van der Waals surface area contributed by atoms with Crippen LogP contribution in [-0.2, 0) is 11.2 Å². The average Bonchev–Trinajstić information content (AvgIpc) is 2.31. The largest absolute Gasteiger partial charge is 0.443 e. The van der Waals surface area contributed by atoms with Crippen molar-refractivity contribution in [3.63, 3.8) is 0 Å². The van der Waals surface area contributed by atoms with E-state index in [0.717, 1.165) is 10.9 Å². The first kappa shape index (κ1) is 14.3. The van der Waals surface area contributed by atoms with Crippen LogP contribution < -0.4 is 4.90 Å². The number of hydrogen-bond donors (Lipinski definition) is 0. The fourth-order valence-electron chi connectivity index (χ4n) is 2.14. The number of ether oxygens (including phenoxy) is 1. The highest BCUT2D eigenvalue weighted by Crippen LogP contribution is 2.36. The predicted octanol–water partition coefficient (Wildman–Crippen LogP) is 4.28. The summed E-state index contributed by atoms with van der Waals surface area (Å²) in [6.45, 7) is 5.99. The standard InChI is InChI=1S/C14H17BrFNO2/c1-14(2,3)19-13(18)17-8-4-5-9-11(16)7-6-10(15)12(9)17/h6-7H,4-5,8H2,1-3H3. The van der Waals surface area contributed by atoms with Gasteiger partial charge < -0.3 is 4.74 Å².